The molecule has 0 bridgehead atoms. The molecule has 3 heterocycles. The molecule has 0 aliphatic carbocycles. The predicted molar refractivity (Wildman–Crippen MR) is 126 cm³/mol. The zero-order chi connectivity index (χ0) is 23.4. The third-order valence-electron chi connectivity index (χ3n) is 5.55. The quantitative estimate of drug-likeness (QED) is 0.481. The van der Waals surface area contributed by atoms with E-state index < -0.39 is 5.60 Å². The first-order valence-electron chi connectivity index (χ1n) is 10.8. The maximum Gasteiger partial charge on any atom is 0.251 e. The number of carbonyl (C=O) groups is 1. The SMILES string of the molecule is COC(C)(C)CNC(=O)c1cccc(CNc2ncc(-c3ccnc(N)n3)c3c2CCO3)c1. The van der Waals surface area contributed by atoms with Gasteiger partial charge >= 0.3 is 0 Å². The van der Waals surface area contributed by atoms with Gasteiger partial charge in [-0.1, -0.05) is 12.1 Å². The molecule has 4 rings (SSSR count). The fourth-order valence-electron chi connectivity index (χ4n) is 3.52. The Hall–Kier alpha value is -3.72. The molecule has 1 amide bonds. The van der Waals surface area contributed by atoms with Crippen molar-refractivity contribution in [2.45, 2.75) is 32.4 Å². The van der Waals surface area contributed by atoms with E-state index in [1.54, 1.807) is 31.6 Å². The van der Waals surface area contributed by atoms with Gasteiger partial charge in [-0.15, -0.1) is 0 Å². The van der Waals surface area contributed by atoms with Gasteiger partial charge in [0.05, 0.1) is 23.5 Å². The molecule has 3 aromatic rings. The van der Waals surface area contributed by atoms with Gasteiger partial charge in [-0.05, 0) is 37.6 Å². The van der Waals surface area contributed by atoms with Crippen molar-refractivity contribution in [3.05, 3.63) is 59.4 Å². The number of rotatable bonds is 8. The number of methoxy groups -OCH3 is 1. The fraction of sp³-hybridized carbons (Fsp3) is 0.333. The van der Waals surface area contributed by atoms with E-state index >= 15 is 0 Å². The maximum absolute atomic E-state index is 12.5. The molecule has 0 unspecified atom stereocenters. The number of carbonyl (C=O) groups excluding carboxylic acids is 1. The minimum atomic E-state index is -0.424. The van der Waals surface area contributed by atoms with Gasteiger partial charge < -0.3 is 25.8 Å². The van der Waals surface area contributed by atoms with Crippen molar-refractivity contribution in [1.29, 1.82) is 0 Å². The summed E-state index contributed by atoms with van der Waals surface area (Å²) < 4.78 is 11.2. The third-order valence-corrected chi connectivity index (χ3v) is 5.55. The number of amides is 1. The normalized spacial score (nSPS) is 12.7. The van der Waals surface area contributed by atoms with E-state index in [4.69, 9.17) is 15.2 Å². The summed E-state index contributed by atoms with van der Waals surface area (Å²) in [5.41, 5.74) is 9.34. The first-order valence-corrected chi connectivity index (χ1v) is 10.8. The van der Waals surface area contributed by atoms with E-state index in [1.807, 2.05) is 32.0 Å². The second-order valence-electron chi connectivity index (χ2n) is 8.43. The lowest BCUT2D eigenvalue weighted by atomic mass is 10.1. The van der Waals surface area contributed by atoms with Gasteiger partial charge in [-0.25, -0.2) is 15.0 Å². The zero-order valence-corrected chi connectivity index (χ0v) is 19.0. The van der Waals surface area contributed by atoms with Crippen LogP contribution in [0.1, 0.15) is 35.3 Å². The maximum atomic E-state index is 12.5. The number of hydrogen-bond acceptors (Lipinski definition) is 8. The van der Waals surface area contributed by atoms with E-state index in [1.165, 1.54) is 0 Å². The Kier molecular flexibility index (Phi) is 6.41. The summed E-state index contributed by atoms with van der Waals surface area (Å²) in [5, 5.41) is 6.30. The van der Waals surface area contributed by atoms with Gasteiger partial charge in [0.25, 0.3) is 5.91 Å². The predicted octanol–water partition coefficient (Wildman–Crippen LogP) is 2.82. The Morgan fingerprint density at radius 1 is 1.27 bits per heavy atom. The fourth-order valence-corrected chi connectivity index (χ4v) is 3.52. The topological polar surface area (TPSA) is 124 Å². The van der Waals surface area contributed by atoms with Crippen LogP contribution in [-0.2, 0) is 17.7 Å². The monoisotopic (exact) mass is 448 g/mol. The van der Waals surface area contributed by atoms with E-state index in [-0.39, 0.29) is 11.9 Å². The van der Waals surface area contributed by atoms with Gasteiger partial charge in [-0.2, -0.15) is 0 Å². The number of hydrogen-bond donors (Lipinski definition) is 3. The van der Waals surface area contributed by atoms with Crippen LogP contribution in [-0.4, -0.2) is 46.7 Å². The molecule has 4 N–H and O–H groups in total. The Morgan fingerprint density at radius 3 is 2.91 bits per heavy atom. The summed E-state index contributed by atoms with van der Waals surface area (Å²) in [7, 11) is 1.63. The van der Waals surface area contributed by atoms with Crippen LogP contribution in [0.2, 0.25) is 0 Å². The van der Waals surface area contributed by atoms with Gasteiger partial charge in [0.1, 0.15) is 11.6 Å². The molecule has 0 atom stereocenters. The summed E-state index contributed by atoms with van der Waals surface area (Å²) in [6, 6.07) is 9.29. The minimum absolute atomic E-state index is 0.136. The van der Waals surface area contributed by atoms with E-state index in [2.05, 4.69) is 25.6 Å². The number of fused-ring (bicyclic) bond motifs is 1. The van der Waals surface area contributed by atoms with Gasteiger partial charge in [0.2, 0.25) is 5.95 Å². The molecule has 2 aromatic heterocycles. The van der Waals surface area contributed by atoms with Crippen LogP contribution in [0.4, 0.5) is 11.8 Å². The highest BCUT2D eigenvalue weighted by molar-refractivity contribution is 5.94. The number of anilines is 2. The van der Waals surface area contributed by atoms with Crippen LogP contribution in [0, 0.1) is 0 Å². The lowest BCUT2D eigenvalue weighted by Crippen LogP contribution is -2.39. The Morgan fingerprint density at radius 2 is 2.12 bits per heavy atom. The second kappa shape index (κ2) is 9.41. The van der Waals surface area contributed by atoms with Crippen molar-refractivity contribution >= 4 is 17.7 Å². The van der Waals surface area contributed by atoms with Crippen LogP contribution in [0.25, 0.3) is 11.3 Å². The largest absolute Gasteiger partial charge is 0.492 e. The molecule has 0 spiro atoms. The molecule has 172 valence electrons. The number of nitrogens with one attached hydrogen (secondary N) is 2. The van der Waals surface area contributed by atoms with Crippen LogP contribution >= 0.6 is 0 Å². The van der Waals surface area contributed by atoms with Crippen LogP contribution in [0.5, 0.6) is 5.75 Å². The first kappa shape index (κ1) is 22.5. The van der Waals surface area contributed by atoms with E-state index in [9.17, 15) is 4.79 Å². The molecule has 1 aromatic carbocycles. The van der Waals surface area contributed by atoms with Crippen molar-refractivity contribution in [3.8, 4) is 17.0 Å². The molecule has 33 heavy (non-hydrogen) atoms. The van der Waals surface area contributed by atoms with Crippen molar-refractivity contribution in [1.82, 2.24) is 20.3 Å². The van der Waals surface area contributed by atoms with Crippen LogP contribution in [0.15, 0.2) is 42.7 Å². The molecule has 0 saturated heterocycles. The third kappa shape index (κ3) is 5.20. The highest BCUT2D eigenvalue weighted by Crippen LogP contribution is 2.39. The number of pyridine rings is 1. The highest BCUT2D eigenvalue weighted by Gasteiger charge is 2.23. The van der Waals surface area contributed by atoms with Crippen LogP contribution in [0.3, 0.4) is 0 Å². The summed E-state index contributed by atoms with van der Waals surface area (Å²) >= 11 is 0. The Balaban J connectivity index is 1.47. The van der Waals surface area contributed by atoms with Gasteiger partial charge in [0.15, 0.2) is 0 Å². The standard InChI is InChI=1S/C24H28N6O3/c1-24(2,32-3)14-29-22(31)16-6-4-5-15(11-16)12-27-21-17-8-10-33-20(17)18(13-28-21)19-7-9-26-23(25)30-19/h4-7,9,11,13H,8,10,12,14H2,1-3H3,(H,27,28)(H,29,31)(H2,25,26,30). The summed E-state index contributed by atoms with van der Waals surface area (Å²) in [6.07, 6.45) is 4.09. The molecule has 9 heteroatoms. The van der Waals surface area contributed by atoms with Crippen LogP contribution < -0.4 is 21.1 Å². The summed E-state index contributed by atoms with van der Waals surface area (Å²) in [4.78, 5) is 25.4. The summed E-state index contributed by atoms with van der Waals surface area (Å²) in [6.45, 7) is 5.37. The number of nitrogens with zero attached hydrogens (tertiary/aromatic N) is 3. The van der Waals surface area contributed by atoms with Crippen molar-refractivity contribution in [2.24, 2.45) is 0 Å². The van der Waals surface area contributed by atoms with Crippen molar-refractivity contribution < 1.29 is 14.3 Å². The number of ether oxygens (including phenoxy) is 2. The molecular formula is C24H28N6O3. The highest BCUT2D eigenvalue weighted by atomic mass is 16.5. The number of nitrogen functional groups attached to an aromatic ring is 1. The molecule has 1 aliphatic heterocycles. The minimum Gasteiger partial charge on any atom is -0.492 e. The average Bonchev–Trinajstić information content (AvgIpc) is 3.31. The molecule has 0 radical (unpaired) electrons. The van der Waals surface area contributed by atoms with Gasteiger partial charge in [0, 0.05) is 50.1 Å². The van der Waals surface area contributed by atoms with Crippen molar-refractivity contribution in [3.63, 3.8) is 0 Å². The number of aromatic nitrogens is 3. The molecule has 0 fully saturated rings. The first-order chi connectivity index (χ1) is 15.9. The zero-order valence-electron chi connectivity index (χ0n) is 19.0. The summed E-state index contributed by atoms with van der Waals surface area (Å²) in [5.74, 6) is 1.59. The Bertz CT molecular complexity index is 1160. The smallest absolute Gasteiger partial charge is 0.251 e. The number of benzene rings is 1. The molecular weight excluding hydrogens is 420 g/mol. The lowest BCUT2D eigenvalue weighted by molar-refractivity contribution is 0.0229. The molecule has 9 nitrogen and oxygen atoms in total. The average molecular weight is 449 g/mol. The Labute approximate surface area is 192 Å². The van der Waals surface area contributed by atoms with Gasteiger partial charge in [-0.3, -0.25) is 4.79 Å². The van der Waals surface area contributed by atoms with Crippen molar-refractivity contribution in [2.75, 3.05) is 31.3 Å². The lowest BCUT2D eigenvalue weighted by Gasteiger charge is -2.23. The van der Waals surface area contributed by atoms with E-state index in [0.717, 1.165) is 34.7 Å². The number of nitrogens with two attached hydrogens (primary N) is 1. The molecule has 0 saturated carbocycles. The van der Waals surface area contributed by atoms with E-state index in [0.29, 0.717) is 31.0 Å². The molecule has 1 aliphatic rings. The second-order valence-corrected chi connectivity index (χ2v) is 8.43.